The molecule has 124 valence electrons. The monoisotopic (exact) mass is 360 g/mol. The van der Waals surface area contributed by atoms with E-state index in [1.807, 2.05) is 36.4 Å². The van der Waals surface area contributed by atoms with E-state index < -0.39 is 0 Å². The van der Waals surface area contributed by atoms with E-state index in [1.165, 1.54) is 23.3 Å². The molecule has 0 amide bonds. The van der Waals surface area contributed by atoms with Crippen molar-refractivity contribution >= 4 is 29.1 Å². The van der Waals surface area contributed by atoms with Crippen molar-refractivity contribution in [3.8, 4) is 17.1 Å². The molecule has 0 spiro atoms. The van der Waals surface area contributed by atoms with Gasteiger partial charge in [0.2, 0.25) is 0 Å². The zero-order valence-electron chi connectivity index (χ0n) is 13.1. The largest absolute Gasteiger partial charge is 0.497 e. The van der Waals surface area contributed by atoms with Crippen molar-refractivity contribution in [1.29, 1.82) is 0 Å². The number of Topliss-reactive ketones (excluding diaryl/α,β-unsaturated/α-hetero) is 1. The second-order valence-electron chi connectivity index (χ2n) is 5.02. The molecule has 0 aliphatic heterocycles. The Morgan fingerprint density at radius 2 is 2.12 bits per heavy atom. The fourth-order valence-corrected chi connectivity index (χ4v) is 3.57. The van der Waals surface area contributed by atoms with Crippen molar-refractivity contribution in [2.75, 3.05) is 12.9 Å². The quantitative estimate of drug-likeness (QED) is 0.564. The van der Waals surface area contributed by atoms with Crippen LogP contribution in [0.2, 0.25) is 0 Å². The van der Waals surface area contributed by atoms with Gasteiger partial charge in [-0.1, -0.05) is 11.8 Å². The van der Waals surface area contributed by atoms with Crippen LogP contribution in [0.1, 0.15) is 12.2 Å². The lowest BCUT2D eigenvalue weighted by atomic mass is 10.2. The summed E-state index contributed by atoms with van der Waals surface area (Å²) in [5, 5.41) is 0. The van der Waals surface area contributed by atoms with Gasteiger partial charge in [0.05, 0.1) is 19.1 Å². The third-order valence-electron chi connectivity index (χ3n) is 3.34. The lowest BCUT2D eigenvalue weighted by Crippen LogP contribution is -2.02. The summed E-state index contributed by atoms with van der Waals surface area (Å²) in [6.07, 6.45) is 2.74. The minimum Gasteiger partial charge on any atom is -0.497 e. The van der Waals surface area contributed by atoms with Gasteiger partial charge in [-0.15, -0.1) is 0 Å². The first-order valence-corrected chi connectivity index (χ1v) is 9.15. The predicted molar refractivity (Wildman–Crippen MR) is 94.7 cm³/mol. The number of aromatic nitrogens is 2. The van der Waals surface area contributed by atoms with Gasteiger partial charge in [-0.2, -0.15) is 4.37 Å². The zero-order chi connectivity index (χ0) is 16.8. The van der Waals surface area contributed by atoms with Crippen LogP contribution in [0.3, 0.4) is 0 Å². The molecule has 0 N–H and O–H groups in total. The average Bonchev–Trinajstić information content (AvgIpc) is 3.30. The molecule has 7 heteroatoms. The molecule has 5 nitrogen and oxygen atoms in total. The van der Waals surface area contributed by atoms with E-state index >= 15 is 0 Å². The molecule has 0 saturated heterocycles. The number of hydrogen-bond donors (Lipinski definition) is 0. The molecule has 1 aromatic carbocycles. The van der Waals surface area contributed by atoms with Gasteiger partial charge in [0.25, 0.3) is 0 Å². The normalized spacial score (nSPS) is 10.7. The number of rotatable bonds is 8. The Hall–Kier alpha value is -2.12. The van der Waals surface area contributed by atoms with Crippen molar-refractivity contribution in [2.45, 2.75) is 17.2 Å². The SMILES string of the molecule is COc1ccc(-c2nsc(SCC(=O)CCc3ccco3)n2)cc1. The molecule has 0 bridgehead atoms. The Kier molecular flexibility index (Phi) is 5.66. The van der Waals surface area contributed by atoms with Crippen molar-refractivity contribution in [2.24, 2.45) is 0 Å². The van der Waals surface area contributed by atoms with Crippen molar-refractivity contribution < 1.29 is 13.9 Å². The number of methoxy groups -OCH3 is 1. The number of aryl methyl sites for hydroxylation is 1. The lowest BCUT2D eigenvalue weighted by molar-refractivity contribution is -0.116. The van der Waals surface area contributed by atoms with E-state index in [0.717, 1.165) is 21.4 Å². The summed E-state index contributed by atoms with van der Waals surface area (Å²) >= 11 is 2.74. The topological polar surface area (TPSA) is 65.2 Å². The van der Waals surface area contributed by atoms with Gasteiger partial charge in [0, 0.05) is 18.4 Å². The zero-order valence-corrected chi connectivity index (χ0v) is 14.7. The molecular weight excluding hydrogens is 344 g/mol. The maximum Gasteiger partial charge on any atom is 0.174 e. The maximum absolute atomic E-state index is 11.9. The van der Waals surface area contributed by atoms with Gasteiger partial charge in [-0.05, 0) is 47.9 Å². The van der Waals surface area contributed by atoms with Crippen LogP contribution in [0.15, 0.2) is 51.4 Å². The maximum atomic E-state index is 11.9. The van der Waals surface area contributed by atoms with E-state index in [9.17, 15) is 4.79 Å². The van der Waals surface area contributed by atoms with Gasteiger partial charge in [0.1, 0.15) is 17.3 Å². The molecule has 24 heavy (non-hydrogen) atoms. The van der Waals surface area contributed by atoms with Crippen LogP contribution in [0.5, 0.6) is 5.75 Å². The van der Waals surface area contributed by atoms with Crippen LogP contribution in [-0.2, 0) is 11.2 Å². The molecule has 0 fully saturated rings. The number of furan rings is 1. The number of carbonyl (C=O) groups excluding carboxylic acids is 1. The molecule has 3 aromatic rings. The molecule has 0 aliphatic rings. The molecular formula is C17H16N2O3S2. The van der Waals surface area contributed by atoms with Crippen molar-refractivity contribution in [1.82, 2.24) is 9.36 Å². The first-order valence-electron chi connectivity index (χ1n) is 7.39. The Balaban J connectivity index is 1.51. The summed E-state index contributed by atoms with van der Waals surface area (Å²) in [5.74, 6) is 2.89. The molecule has 2 aromatic heterocycles. The fraction of sp³-hybridized carbons (Fsp3) is 0.235. The van der Waals surface area contributed by atoms with E-state index in [0.29, 0.717) is 24.4 Å². The summed E-state index contributed by atoms with van der Waals surface area (Å²) in [6.45, 7) is 0. The Morgan fingerprint density at radius 1 is 1.29 bits per heavy atom. The Morgan fingerprint density at radius 3 is 2.83 bits per heavy atom. The number of carbonyl (C=O) groups is 1. The minimum absolute atomic E-state index is 0.178. The van der Waals surface area contributed by atoms with Crippen LogP contribution in [-0.4, -0.2) is 28.0 Å². The molecule has 0 unspecified atom stereocenters. The highest BCUT2D eigenvalue weighted by Crippen LogP contribution is 2.26. The highest BCUT2D eigenvalue weighted by molar-refractivity contribution is 8.01. The second-order valence-corrected chi connectivity index (χ2v) is 6.99. The summed E-state index contributed by atoms with van der Waals surface area (Å²) < 4.78 is 15.5. The summed E-state index contributed by atoms with van der Waals surface area (Å²) in [6, 6.07) is 11.3. The summed E-state index contributed by atoms with van der Waals surface area (Å²) in [7, 11) is 1.63. The standard InChI is InChI=1S/C17H16N2O3S2/c1-21-14-7-4-12(5-8-14)16-18-17(24-19-16)23-11-13(20)6-9-15-3-2-10-22-15/h2-5,7-8,10H,6,9,11H2,1H3. The van der Waals surface area contributed by atoms with Crippen LogP contribution < -0.4 is 4.74 Å². The molecule has 0 saturated carbocycles. The third-order valence-corrected chi connectivity index (χ3v) is 5.24. The highest BCUT2D eigenvalue weighted by atomic mass is 32.2. The van der Waals surface area contributed by atoms with E-state index in [1.54, 1.807) is 13.4 Å². The van der Waals surface area contributed by atoms with Crippen LogP contribution in [0.25, 0.3) is 11.4 Å². The highest BCUT2D eigenvalue weighted by Gasteiger charge is 2.10. The number of ketones is 1. The van der Waals surface area contributed by atoms with Crippen LogP contribution >= 0.6 is 23.3 Å². The summed E-state index contributed by atoms with van der Waals surface area (Å²) in [5.41, 5.74) is 0.933. The molecule has 0 aliphatic carbocycles. The van der Waals surface area contributed by atoms with E-state index in [4.69, 9.17) is 9.15 Å². The first-order chi connectivity index (χ1) is 11.7. The van der Waals surface area contributed by atoms with Gasteiger partial charge >= 0.3 is 0 Å². The fourth-order valence-electron chi connectivity index (χ4n) is 2.06. The number of hydrogen-bond acceptors (Lipinski definition) is 7. The van der Waals surface area contributed by atoms with Crippen molar-refractivity contribution in [3.63, 3.8) is 0 Å². The lowest BCUT2D eigenvalue weighted by Gasteiger charge is -1.99. The first kappa shape index (κ1) is 16.7. The van der Waals surface area contributed by atoms with Crippen LogP contribution in [0.4, 0.5) is 0 Å². The van der Waals surface area contributed by atoms with Gasteiger partial charge in [-0.25, -0.2) is 4.98 Å². The smallest absolute Gasteiger partial charge is 0.174 e. The van der Waals surface area contributed by atoms with E-state index in [-0.39, 0.29) is 5.78 Å². The molecule has 2 heterocycles. The molecule has 0 radical (unpaired) electrons. The number of nitrogens with zero attached hydrogens (tertiary/aromatic N) is 2. The number of ether oxygens (including phenoxy) is 1. The number of benzene rings is 1. The Bertz CT molecular complexity index is 783. The number of thioether (sulfide) groups is 1. The van der Waals surface area contributed by atoms with Gasteiger partial charge in [0.15, 0.2) is 10.2 Å². The third kappa shape index (κ3) is 4.46. The Labute approximate surface area is 148 Å². The predicted octanol–water partition coefficient (Wildman–Crippen LogP) is 4.10. The molecule has 0 atom stereocenters. The van der Waals surface area contributed by atoms with Crippen LogP contribution in [0, 0.1) is 0 Å². The second kappa shape index (κ2) is 8.12. The van der Waals surface area contributed by atoms with E-state index in [2.05, 4.69) is 9.36 Å². The minimum atomic E-state index is 0.178. The average molecular weight is 360 g/mol. The van der Waals surface area contributed by atoms with Crippen molar-refractivity contribution in [3.05, 3.63) is 48.4 Å². The van der Waals surface area contributed by atoms with Gasteiger partial charge in [-0.3, -0.25) is 4.79 Å². The summed E-state index contributed by atoms with van der Waals surface area (Å²) in [4.78, 5) is 16.4. The van der Waals surface area contributed by atoms with Gasteiger partial charge < -0.3 is 9.15 Å². The molecule has 3 rings (SSSR count).